The third-order valence-corrected chi connectivity index (χ3v) is 3.22. The molecule has 4 nitrogen and oxygen atoms in total. The first-order valence-electron chi connectivity index (χ1n) is 5.33. The van der Waals surface area contributed by atoms with Crippen LogP contribution < -0.4 is 5.73 Å². The number of hydrogen-bond acceptors (Lipinski definition) is 3. The lowest BCUT2D eigenvalue weighted by atomic mass is 9.83. The van der Waals surface area contributed by atoms with Gasteiger partial charge in [0.25, 0.3) is 0 Å². The van der Waals surface area contributed by atoms with Crippen LogP contribution in [0.5, 0.6) is 0 Å². The van der Waals surface area contributed by atoms with E-state index in [1.165, 1.54) is 0 Å². The number of fused-ring (bicyclic) bond motifs is 1. The molecule has 86 valence electrons. The largest absolute Gasteiger partial charge is 0.395 e. The number of imidazole rings is 1. The Bertz CT molecular complexity index is 500. The number of aliphatic hydroxyl groups excluding tert-OH is 1. The monoisotopic (exact) mass is 219 g/mol. The molecule has 1 atom stereocenters. The number of rotatable bonds is 3. The Balaban J connectivity index is 2.54. The van der Waals surface area contributed by atoms with E-state index in [4.69, 9.17) is 5.73 Å². The van der Waals surface area contributed by atoms with Crippen molar-refractivity contribution in [3.05, 3.63) is 30.1 Å². The van der Waals surface area contributed by atoms with Crippen LogP contribution in [0.2, 0.25) is 0 Å². The van der Waals surface area contributed by atoms with Crippen molar-refractivity contribution in [1.82, 2.24) is 9.55 Å². The van der Waals surface area contributed by atoms with Crippen LogP contribution in [0.15, 0.2) is 24.5 Å². The van der Waals surface area contributed by atoms with Gasteiger partial charge in [0, 0.05) is 19.0 Å². The quantitative estimate of drug-likeness (QED) is 0.802. The Hall–Kier alpha value is -1.39. The molecule has 0 aliphatic rings. The summed E-state index contributed by atoms with van der Waals surface area (Å²) in [6, 6.07) is 6.02. The maximum Gasteiger partial charge on any atom is 0.0955 e. The highest BCUT2D eigenvalue weighted by atomic mass is 16.3. The van der Waals surface area contributed by atoms with Gasteiger partial charge in [0.2, 0.25) is 0 Å². The summed E-state index contributed by atoms with van der Waals surface area (Å²) < 4.78 is 1.97. The maximum absolute atomic E-state index is 9.41. The molecule has 16 heavy (non-hydrogen) atoms. The summed E-state index contributed by atoms with van der Waals surface area (Å²) in [4.78, 5) is 4.30. The maximum atomic E-state index is 9.41. The molecule has 1 heterocycles. The molecule has 0 aliphatic carbocycles. The molecule has 2 aromatic rings. The molecule has 1 aromatic carbocycles. The molecule has 1 aromatic heterocycles. The van der Waals surface area contributed by atoms with Gasteiger partial charge >= 0.3 is 0 Å². The summed E-state index contributed by atoms with van der Waals surface area (Å²) in [6.07, 6.45) is 1.78. The highest BCUT2D eigenvalue weighted by molar-refractivity contribution is 5.76. The molecule has 0 amide bonds. The van der Waals surface area contributed by atoms with Crippen molar-refractivity contribution < 1.29 is 5.11 Å². The van der Waals surface area contributed by atoms with Crippen molar-refractivity contribution in [1.29, 1.82) is 0 Å². The number of nitrogens with two attached hydrogens (primary N) is 1. The second-order valence-electron chi connectivity index (χ2n) is 4.48. The van der Waals surface area contributed by atoms with Crippen molar-refractivity contribution in [2.24, 2.45) is 12.8 Å². The van der Waals surface area contributed by atoms with Crippen molar-refractivity contribution in [2.45, 2.75) is 12.3 Å². The second kappa shape index (κ2) is 3.88. The third-order valence-electron chi connectivity index (χ3n) is 3.22. The lowest BCUT2D eigenvalue weighted by Crippen LogP contribution is -2.35. The molecule has 2 rings (SSSR count). The molecule has 0 aliphatic heterocycles. The zero-order valence-corrected chi connectivity index (χ0v) is 9.64. The fraction of sp³-hybridized carbons (Fsp3) is 0.417. The van der Waals surface area contributed by atoms with E-state index in [1.54, 1.807) is 6.33 Å². The van der Waals surface area contributed by atoms with Crippen LogP contribution in [0.4, 0.5) is 0 Å². The molecule has 1 unspecified atom stereocenters. The van der Waals surface area contributed by atoms with E-state index >= 15 is 0 Å². The minimum absolute atomic E-state index is 0.0435. The Morgan fingerprint density at radius 1 is 1.50 bits per heavy atom. The second-order valence-corrected chi connectivity index (χ2v) is 4.48. The van der Waals surface area contributed by atoms with E-state index in [0.29, 0.717) is 6.54 Å². The van der Waals surface area contributed by atoms with Crippen LogP contribution in [0.3, 0.4) is 0 Å². The average Bonchev–Trinajstić information content (AvgIpc) is 2.69. The standard InChI is InChI=1S/C12H17N3O/c1-12(6-13,7-16)9-3-4-11-10(5-9)14-8-15(11)2/h3-5,8,16H,6-7,13H2,1-2H3. The Morgan fingerprint density at radius 2 is 2.25 bits per heavy atom. The van der Waals surface area contributed by atoms with Gasteiger partial charge in [-0.2, -0.15) is 0 Å². The number of aromatic nitrogens is 2. The predicted molar refractivity (Wildman–Crippen MR) is 64.2 cm³/mol. The zero-order chi connectivity index (χ0) is 11.8. The molecule has 0 radical (unpaired) electrons. The summed E-state index contributed by atoms with van der Waals surface area (Å²) in [7, 11) is 1.96. The van der Waals surface area contributed by atoms with Crippen LogP contribution in [0.1, 0.15) is 12.5 Å². The lowest BCUT2D eigenvalue weighted by molar-refractivity contribution is 0.210. The van der Waals surface area contributed by atoms with E-state index in [-0.39, 0.29) is 12.0 Å². The molecule has 0 saturated heterocycles. The van der Waals surface area contributed by atoms with Crippen LogP contribution >= 0.6 is 0 Å². The molecule has 0 bridgehead atoms. The van der Waals surface area contributed by atoms with Gasteiger partial charge in [-0.25, -0.2) is 4.98 Å². The summed E-state index contributed by atoms with van der Waals surface area (Å²) in [5.74, 6) is 0. The van der Waals surface area contributed by atoms with E-state index in [1.807, 2.05) is 36.7 Å². The van der Waals surface area contributed by atoms with Crippen molar-refractivity contribution in [2.75, 3.05) is 13.2 Å². The summed E-state index contributed by atoms with van der Waals surface area (Å²) in [5, 5.41) is 9.41. The highest BCUT2D eigenvalue weighted by Gasteiger charge is 2.24. The number of aryl methyl sites for hydroxylation is 1. The normalized spacial score (nSPS) is 15.2. The molecule has 0 saturated carbocycles. The summed E-state index contributed by atoms with van der Waals surface area (Å²) >= 11 is 0. The molecular formula is C12H17N3O. The van der Waals surface area contributed by atoms with Gasteiger partial charge in [0.1, 0.15) is 0 Å². The van der Waals surface area contributed by atoms with Gasteiger partial charge in [0.15, 0.2) is 0 Å². The predicted octanol–water partition coefficient (Wildman–Crippen LogP) is 0.782. The Labute approximate surface area is 94.7 Å². The molecular weight excluding hydrogens is 202 g/mol. The topological polar surface area (TPSA) is 64.1 Å². The van der Waals surface area contributed by atoms with Crippen LogP contribution in [-0.2, 0) is 12.5 Å². The van der Waals surface area contributed by atoms with Gasteiger partial charge < -0.3 is 15.4 Å². The minimum Gasteiger partial charge on any atom is -0.395 e. The molecule has 4 heteroatoms. The van der Waals surface area contributed by atoms with E-state index in [9.17, 15) is 5.11 Å². The minimum atomic E-state index is -0.383. The fourth-order valence-corrected chi connectivity index (χ4v) is 1.79. The average molecular weight is 219 g/mol. The molecule has 3 N–H and O–H groups in total. The lowest BCUT2D eigenvalue weighted by Gasteiger charge is -2.25. The summed E-state index contributed by atoms with van der Waals surface area (Å²) in [6.45, 7) is 2.42. The first-order chi connectivity index (χ1) is 7.60. The number of benzene rings is 1. The van der Waals surface area contributed by atoms with Crippen LogP contribution in [0, 0.1) is 0 Å². The highest BCUT2D eigenvalue weighted by Crippen LogP contribution is 2.25. The zero-order valence-electron chi connectivity index (χ0n) is 9.64. The number of hydrogen-bond donors (Lipinski definition) is 2. The van der Waals surface area contributed by atoms with Crippen molar-refractivity contribution >= 4 is 11.0 Å². The smallest absolute Gasteiger partial charge is 0.0955 e. The first-order valence-corrected chi connectivity index (χ1v) is 5.33. The summed E-state index contributed by atoms with van der Waals surface area (Å²) in [5.41, 5.74) is 8.38. The number of nitrogens with zero attached hydrogens (tertiary/aromatic N) is 2. The van der Waals surface area contributed by atoms with Gasteiger partial charge in [0.05, 0.1) is 24.0 Å². The number of aliphatic hydroxyl groups is 1. The SMILES string of the molecule is Cn1cnc2cc(C(C)(CN)CO)ccc21. The van der Waals surface area contributed by atoms with Gasteiger partial charge in [-0.3, -0.25) is 0 Å². The third kappa shape index (κ3) is 1.60. The van der Waals surface area contributed by atoms with Gasteiger partial charge in [-0.1, -0.05) is 13.0 Å². The Morgan fingerprint density at radius 3 is 2.88 bits per heavy atom. The van der Waals surface area contributed by atoms with Gasteiger partial charge in [-0.15, -0.1) is 0 Å². The fourth-order valence-electron chi connectivity index (χ4n) is 1.79. The van der Waals surface area contributed by atoms with E-state index in [0.717, 1.165) is 16.6 Å². The van der Waals surface area contributed by atoms with E-state index in [2.05, 4.69) is 4.98 Å². The van der Waals surface area contributed by atoms with Crippen LogP contribution in [-0.4, -0.2) is 27.8 Å². The van der Waals surface area contributed by atoms with Crippen LogP contribution in [0.25, 0.3) is 11.0 Å². The van der Waals surface area contributed by atoms with E-state index < -0.39 is 0 Å². The molecule has 0 spiro atoms. The van der Waals surface area contributed by atoms with Crippen molar-refractivity contribution in [3.8, 4) is 0 Å². The Kier molecular flexibility index (Phi) is 2.69. The first kappa shape index (κ1) is 11.1. The van der Waals surface area contributed by atoms with Crippen molar-refractivity contribution in [3.63, 3.8) is 0 Å². The molecule has 0 fully saturated rings. The van der Waals surface area contributed by atoms with Gasteiger partial charge in [-0.05, 0) is 17.7 Å².